The molecule has 0 aliphatic carbocycles. The Hall–Kier alpha value is -0.0800. The summed E-state index contributed by atoms with van der Waals surface area (Å²) in [5.74, 6) is 0. The first-order valence-corrected chi connectivity index (χ1v) is 11.0. The predicted octanol–water partition coefficient (Wildman–Crippen LogP) is 7.02. The van der Waals surface area contributed by atoms with Crippen molar-refractivity contribution in [3.63, 3.8) is 0 Å². The van der Waals surface area contributed by atoms with Crippen molar-refractivity contribution >= 4 is 0 Å². The van der Waals surface area contributed by atoms with E-state index in [2.05, 4.69) is 13.8 Å². The van der Waals surface area contributed by atoms with Gasteiger partial charge in [0.05, 0.1) is 0 Å². The molecule has 0 aliphatic heterocycles. The zero-order chi connectivity index (χ0) is 18.1. The Bertz CT molecular complexity index is 165. The van der Waals surface area contributed by atoms with Crippen LogP contribution >= 0.6 is 0 Å². The van der Waals surface area contributed by atoms with Crippen molar-refractivity contribution in [1.82, 2.24) is 0 Å². The van der Waals surface area contributed by atoms with Crippen LogP contribution in [0.3, 0.4) is 0 Å². The van der Waals surface area contributed by atoms with Crippen LogP contribution in [0.5, 0.6) is 0 Å². The van der Waals surface area contributed by atoms with Crippen LogP contribution < -0.4 is 0 Å². The van der Waals surface area contributed by atoms with Crippen LogP contribution in [-0.2, 0) is 0 Å². The molecule has 2 N–H and O–H groups in total. The molecule has 148 valence electrons. The van der Waals surface area contributed by atoms with Crippen LogP contribution in [0.2, 0.25) is 0 Å². The maximum absolute atomic E-state index is 8.57. The molecule has 2 heteroatoms. The second kappa shape index (κ2) is 27.8. The van der Waals surface area contributed by atoms with E-state index in [0.717, 1.165) is 12.8 Å². The summed E-state index contributed by atoms with van der Waals surface area (Å²) in [5, 5.41) is 17.1. The van der Waals surface area contributed by atoms with Crippen LogP contribution in [0.4, 0.5) is 0 Å². The topological polar surface area (TPSA) is 40.5 Å². The molecule has 0 saturated heterocycles. The molecule has 24 heavy (non-hydrogen) atoms. The minimum Gasteiger partial charge on any atom is -0.396 e. The maximum atomic E-state index is 8.57. The van der Waals surface area contributed by atoms with Gasteiger partial charge in [0.15, 0.2) is 0 Å². The third-order valence-electron chi connectivity index (χ3n) is 4.52. The van der Waals surface area contributed by atoms with E-state index in [9.17, 15) is 0 Å². The van der Waals surface area contributed by atoms with Gasteiger partial charge in [0.25, 0.3) is 0 Å². The fourth-order valence-electron chi connectivity index (χ4n) is 2.84. The lowest BCUT2D eigenvalue weighted by molar-refractivity contribution is 0.282. The third kappa shape index (κ3) is 29.9. The van der Waals surface area contributed by atoms with Crippen molar-refractivity contribution < 1.29 is 10.2 Å². The van der Waals surface area contributed by atoms with Gasteiger partial charge in [-0.15, -0.1) is 0 Å². The summed E-state index contributed by atoms with van der Waals surface area (Å²) < 4.78 is 0. The standard InChI is InChI=1S/C12H26O.C10H22O/c1-2-3-4-5-6-7-8-9-10-11-12-13;1-2-3-4-5-6-7-8-9-10-11/h13H,2-12H2,1H3;11H,2-10H2,1H3. The van der Waals surface area contributed by atoms with E-state index in [-0.39, 0.29) is 0 Å². The van der Waals surface area contributed by atoms with Gasteiger partial charge in [0, 0.05) is 13.2 Å². The molecule has 0 spiro atoms. The number of unbranched alkanes of at least 4 members (excludes halogenated alkanes) is 16. The van der Waals surface area contributed by atoms with Gasteiger partial charge in [0.1, 0.15) is 0 Å². The minimum atomic E-state index is 0.370. The Morgan fingerprint density at radius 3 is 0.750 bits per heavy atom. The molecule has 0 unspecified atom stereocenters. The van der Waals surface area contributed by atoms with Crippen LogP contribution in [-0.4, -0.2) is 23.4 Å². The molecule has 0 amide bonds. The molecule has 0 saturated carbocycles. The first-order chi connectivity index (χ1) is 11.8. The van der Waals surface area contributed by atoms with Crippen LogP contribution in [0.15, 0.2) is 0 Å². The molecular weight excluding hydrogens is 296 g/mol. The number of hydrogen-bond donors (Lipinski definition) is 2. The lowest BCUT2D eigenvalue weighted by Crippen LogP contribution is -1.84. The molecule has 0 fully saturated rings. The Morgan fingerprint density at radius 2 is 0.542 bits per heavy atom. The molecule has 0 rings (SSSR count). The second-order valence-electron chi connectivity index (χ2n) is 7.10. The highest BCUT2D eigenvalue weighted by Gasteiger charge is 1.91. The predicted molar refractivity (Wildman–Crippen MR) is 109 cm³/mol. The summed E-state index contributed by atoms with van der Waals surface area (Å²) in [4.78, 5) is 0. The Kier molecular flexibility index (Phi) is 30.2. The summed E-state index contributed by atoms with van der Waals surface area (Å²) >= 11 is 0. The van der Waals surface area contributed by atoms with Crippen LogP contribution in [0.1, 0.15) is 129 Å². The average molecular weight is 345 g/mol. The van der Waals surface area contributed by atoms with Crippen molar-refractivity contribution in [2.24, 2.45) is 0 Å². The normalized spacial score (nSPS) is 10.5. The molecule has 0 heterocycles. The van der Waals surface area contributed by atoms with E-state index in [1.54, 1.807) is 0 Å². The quantitative estimate of drug-likeness (QED) is 0.262. The molecule has 0 aromatic carbocycles. The van der Waals surface area contributed by atoms with Gasteiger partial charge in [-0.1, -0.05) is 117 Å². The third-order valence-corrected chi connectivity index (χ3v) is 4.52. The maximum Gasteiger partial charge on any atom is 0.0431 e. The van der Waals surface area contributed by atoms with Crippen molar-refractivity contribution in [2.45, 2.75) is 129 Å². The highest BCUT2D eigenvalue weighted by atomic mass is 16.3. The fourth-order valence-corrected chi connectivity index (χ4v) is 2.84. The SMILES string of the molecule is CCCCCCCCCCCCO.CCCCCCCCCCO. The average Bonchev–Trinajstić information content (AvgIpc) is 2.60. The van der Waals surface area contributed by atoms with E-state index >= 15 is 0 Å². The van der Waals surface area contributed by atoms with Crippen LogP contribution in [0, 0.1) is 0 Å². The summed E-state index contributed by atoms with van der Waals surface area (Å²) in [5.41, 5.74) is 0. The highest BCUT2D eigenvalue weighted by Crippen LogP contribution is 2.10. The van der Waals surface area contributed by atoms with E-state index in [0.29, 0.717) is 13.2 Å². The molecular formula is C22H48O2. The lowest BCUT2D eigenvalue weighted by atomic mass is 10.1. The monoisotopic (exact) mass is 344 g/mol. The zero-order valence-corrected chi connectivity index (χ0v) is 17.0. The van der Waals surface area contributed by atoms with Gasteiger partial charge >= 0.3 is 0 Å². The summed E-state index contributed by atoms with van der Waals surface area (Å²) in [6, 6.07) is 0. The van der Waals surface area contributed by atoms with E-state index in [1.165, 1.54) is 103 Å². The Morgan fingerprint density at radius 1 is 0.333 bits per heavy atom. The van der Waals surface area contributed by atoms with Gasteiger partial charge in [0.2, 0.25) is 0 Å². The smallest absolute Gasteiger partial charge is 0.0431 e. The minimum absolute atomic E-state index is 0.370. The number of hydrogen-bond acceptors (Lipinski definition) is 2. The lowest BCUT2D eigenvalue weighted by Gasteiger charge is -2.00. The van der Waals surface area contributed by atoms with Crippen molar-refractivity contribution in [3.05, 3.63) is 0 Å². The van der Waals surface area contributed by atoms with Crippen molar-refractivity contribution in [2.75, 3.05) is 13.2 Å². The molecule has 0 atom stereocenters. The van der Waals surface area contributed by atoms with Crippen molar-refractivity contribution in [1.29, 1.82) is 0 Å². The van der Waals surface area contributed by atoms with E-state index in [1.807, 2.05) is 0 Å². The molecule has 0 aromatic rings. The van der Waals surface area contributed by atoms with Gasteiger partial charge in [-0.05, 0) is 12.8 Å². The zero-order valence-electron chi connectivity index (χ0n) is 17.0. The summed E-state index contributed by atoms with van der Waals surface area (Å²) in [6.07, 6.45) is 23.7. The van der Waals surface area contributed by atoms with Crippen LogP contribution in [0.25, 0.3) is 0 Å². The van der Waals surface area contributed by atoms with E-state index < -0.39 is 0 Å². The number of rotatable bonds is 18. The van der Waals surface area contributed by atoms with E-state index in [4.69, 9.17) is 10.2 Å². The Balaban J connectivity index is 0. The largest absolute Gasteiger partial charge is 0.396 e. The second-order valence-corrected chi connectivity index (χ2v) is 7.10. The first-order valence-electron chi connectivity index (χ1n) is 11.0. The van der Waals surface area contributed by atoms with Gasteiger partial charge in [-0.25, -0.2) is 0 Å². The van der Waals surface area contributed by atoms with Crippen molar-refractivity contribution in [3.8, 4) is 0 Å². The fraction of sp³-hybridized carbons (Fsp3) is 1.00. The molecule has 0 aliphatic rings. The summed E-state index contributed by atoms with van der Waals surface area (Å²) in [6.45, 7) is 5.24. The molecule has 0 aromatic heterocycles. The van der Waals surface area contributed by atoms with Gasteiger partial charge < -0.3 is 10.2 Å². The number of aliphatic hydroxyl groups is 2. The first kappa shape index (κ1) is 26.2. The Labute approximate surface area is 153 Å². The summed E-state index contributed by atoms with van der Waals surface area (Å²) in [7, 11) is 0. The van der Waals surface area contributed by atoms with Gasteiger partial charge in [-0.2, -0.15) is 0 Å². The number of aliphatic hydroxyl groups excluding tert-OH is 2. The molecule has 0 bridgehead atoms. The molecule has 0 radical (unpaired) electrons. The molecule has 2 nitrogen and oxygen atoms in total. The van der Waals surface area contributed by atoms with Gasteiger partial charge in [-0.3, -0.25) is 0 Å². The highest BCUT2D eigenvalue weighted by molar-refractivity contribution is 4.47.